The fourth-order valence-corrected chi connectivity index (χ4v) is 9.16. The maximum absolute atomic E-state index is 7.50. The van der Waals surface area contributed by atoms with Gasteiger partial charge >= 0.3 is 33.9 Å². The first-order chi connectivity index (χ1) is 20.3. The van der Waals surface area contributed by atoms with Crippen LogP contribution in [-0.4, -0.2) is 0 Å². The smallest absolute Gasteiger partial charge is 0 e. The zero-order valence-electron chi connectivity index (χ0n) is 22.5. The summed E-state index contributed by atoms with van der Waals surface area (Å²) in [5.41, 5.74) is 0.701. The predicted molar refractivity (Wildman–Crippen MR) is 167 cm³/mol. The molecule has 7 heteroatoms. The number of benzene rings is 5. The molecule has 0 fully saturated rings. The predicted octanol–water partition coefficient (Wildman–Crippen LogP) is 7.49. The van der Waals surface area contributed by atoms with Crippen molar-refractivity contribution < 1.29 is 31.0 Å². The third-order valence-electron chi connectivity index (χ3n) is 5.25. The Bertz CT molecular complexity index is 1290. The van der Waals surface area contributed by atoms with Gasteiger partial charge < -0.3 is 0 Å². The summed E-state index contributed by atoms with van der Waals surface area (Å²) in [7, 11) is -1.07. The molecule has 0 bridgehead atoms. The summed E-state index contributed by atoms with van der Waals surface area (Å²) >= 11 is 0. The molecule has 0 atom stereocenters. The molecule has 0 aliphatic rings. The van der Waals surface area contributed by atoms with Crippen LogP contribution in [0.15, 0.2) is 152 Å². The number of para-hydroxylation sites is 1. The molecular weight excluding hydrogens is 599 g/mol. The average Bonchev–Trinajstić information content (AvgIpc) is 3.10. The van der Waals surface area contributed by atoms with Gasteiger partial charge in [0.2, 0.25) is 0 Å². The van der Waals surface area contributed by atoms with Gasteiger partial charge in [-0.05, 0) is 0 Å². The fraction of sp³-hybridized carbons (Fsp3) is 0. The fourth-order valence-electron chi connectivity index (χ4n) is 3.54. The Morgan fingerprint density at radius 1 is 0.405 bits per heavy atom. The van der Waals surface area contributed by atoms with Crippen LogP contribution < -0.4 is 21.2 Å². The number of hydrogen-bond acceptors (Lipinski definition) is 0. The Labute approximate surface area is 261 Å². The summed E-state index contributed by atoms with van der Waals surface area (Å²) in [5.74, 6) is 2.61. The molecule has 0 N–H and O–H groups in total. The molecule has 1 radical (unpaired) electrons. The van der Waals surface area contributed by atoms with Gasteiger partial charge in [0.05, 0.1) is 6.57 Å². The van der Waals surface area contributed by atoms with E-state index in [2.05, 4.69) is 152 Å². The first-order valence-corrected chi connectivity index (χ1v) is 14.8. The van der Waals surface area contributed by atoms with E-state index >= 15 is 0 Å². The van der Waals surface area contributed by atoms with Gasteiger partial charge in [-0.25, -0.2) is 4.85 Å². The second kappa shape index (κ2) is 24.9. The Balaban J connectivity index is 0.000000947. The standard InChI is InChI=1S/C25H21P2.C7H5N.3CO.Mn/c1-5-13-22(14-6-1)26(23-15-7-2-8-16-23)21-27(24-17-9-3-10-18-24)25-19-11-4-12-20-25;1-8-7-5-3-2-4-6-7;3*1-2;/h1-21H;2-6H;;;;/q-1;;;;;. The van der Waals surface area contributed by atoms with Crippen molar-refractivity contribution in [2.75, 3.05) is 0 Å². The average molecular weight is 625 g/mol. The first kappa shape index (κ1) is 38.2. The van der Waals surface area contributed by atoms with Crippen molar-refractivity contribution in [1.29, 1.82) is 0 Å². The molecule has 5 aromatic carbocycles. The molecule has 4 nitrogen and oxygen atoms in total. The van der Waals surface area contributed by atoms with Crippen LogP contribution in [0.4, 0.5) is 5.69 Å². The third-order valence-corrected chi connectivity index (χ3v) is 10.5. The maximum Gasteiger partial charge on any atom is 0 e. The molecule has 0 amide bonds. The van der Waals surface area contributed by atoms with E-state index in [1.165, 1.54) is 21.2 Å². The Morgan fingerprint density at radius 3 is 0.810 bits per heavy atom. The molecule has 0 aliphatic carbocycles. The van der Waals surface area contributed by atoms with Gasteiger partial charge in [0.15, 0.2) is 5.69 Å². The monoisotopic (exact) mass is 625 g/mol. The van der Waals surface area contributed by atoms with E-state index in [1.54, 1.807) is 12.1 Å². The van der Waals surface area contributed by atoms with Gasteiger partial charge in [0.1, 0.15) is 0 Å². The van der Waals surface area contributed by atoms with E-state index in [4.69, 9.17) is 20.5 Å². The molecular formula is C35H26MnNO3P2-. The largest absolute Gasteiger partial charge is 0.259 e. The van der Waals surface area contributed by atoms with Crippen LogP contribution >= 0.6 is 15.8 Å². The van der Waals surface area contributed by atoms with Gasteiger partial charge in [-0.3, -0.25) is 5.90 Å². The van der Waals surface area contributed by atoms with Crippen molar-refractivity contribution >= 4 is 42.7 Å². The van der Waals surface area contributed by atoms with Crippen LogP contribution in [0.2, 0.25) is 0 Å². The van der Waals surface area contributed by atoms with Crippen molar-refractivity contribution in [1.82, 2.24) is 0 Å². The maximum atomic E-state index is 7.50. The third kappa shape index (κ3) is 13.2. The second-order valence-corrected chi connectivity index (χ2v) is 12.1. The summed E-state index contributed by atoms with van der Waals surface area (Å²) in [4.78, 5) is 3.22. The minimum Gasteiger partial charge on any atom is -0.259 e. The van der Waals surface area contributed by atoms with Crippen molar-refractivity contribution in [2.24, 2.45) is 0 Å². The Kier molecular flexibility index (Phi) is 22.7. The Morgan fingerprint density at radius 2 is 0.619 bits per heavy atom. The SMILES string of the molecule is [C-]#[N+]c1ccccc1.[C-]#[O+].[C-]#[O+].[C-]#[O+].[Mn].c1ccc(P([CH-]P(c2ccccc2)c2ccccc2)c2ccccc2)cc1. The van der Waals surface area contributed by atoms with Gasteiger partial charge in [0, 0.05) is 17.1 Å². The number of nitrogens with zero attached hydrogens (tertiary/aromatic N) is 1. The van der Waals surface area contributed by atoms with Gasteiger partial charge in [-0.15, -0.1) is 0 Å². The van der Waals surface area contributed by atoms with Gasteiger partial charge in [-0.2, -0.15) is 15.8 Å². The Hall–Kier alpha value is -3.81. The summed E-state index contributed by atoms with van der Waals surface area (Å²) in [6, 6.07) is 52.8. The molecule has 0 spiro atoms. The van der Waals surface area contributed by atoms with Crippen molar-refractivity contribution in [3.63, 3.8) is 0 Å². The molecule has 0 aliphatic heterocycles. The summed E-state index contributed by atoms with van der Waals surface area (Å²) < 4.78 is 22.5. The summed E-state index contributed by atoms with van der Waals surface area (Å²) in [6.45, 7) is 20.1. The van der Waals surface area contributed by atoms with Gasteiger partial charge in [-0.1, -0.05) is 173 Å². The molecule has 0 saturated heterocycles. The molecule has 5 rings (SSSR count). The molecule has 207 valence electrons. The number of rotatable bonds is 6. The van der Waals surface area contributed by atoms with Crippen molar-refractivity contribution in [2.45, 2.75) is 0 Å². The van der Waals surface area contributed by atoms with Crippen LogP contribution in [0.3, 0.4) is 0 Å². The molecule has 0 unspecified atom stereocenters. The van der Waals surface area contributed by atoms with Crippen LogP contribution in [0, 0.1) is 32.4 Å². The van der Waals surface area contributed by atoms with E-state index in [0.717, 1.165) is 0 Å². The van der Waals surface area contributed by atoms with Crippen LogP contribution in [0.1, 0.15) is 0 Å². The van der Waals surface area contributed by atoms with Crippen LogP contribution in [0.25, 0.3) is 4.85 Å². The topological polar surface area (TPSA) is 64.1 Å². The molecule has 0 saturated carbocycles. The minimum atomic E-state index is -0.534. The molecule has 0 aromatic heterocycles. The van der Waals surface area contributed by atoms with E-state index in [-0.39, 0.29) is 17.1 Å². The summed E-state index contributed by atoms with van der Waals surface area (Å²) in [5, 5.41) is 5.60. The zero-order valence-corrected chi connectivity index (χ0v) is 25.4. The zero-order chi connectivity index (χ0) is 30.1. The first-order valence-electron chi connectivity index (χ1n) is 12.0. The van der Waals surface area contributed by atoms with E-state index in [9.17, 15) is 0 Å². The van der Waals surface area contributed by atoms with Crippen LogP contribution in [-0.2, 0) is 31.0 Å². The summed E-state index contributed by atoms with van der Waals surface area (Å²) in [6.07, 6.45) is 0. The van der Waals surface area contributed by atoms with Gasteiger partial charge in [0.25, 0.3) is 0 Å². The molecule has 42 heavy (non-hydrogen) atoms. The quantitative estimate of drug-likeness (QED) is 0.0813. The van der Waals surface area contributed by atoms with E-state index in [1.807, 2.05) is 18.2 Å². The van der Waals surface area contributed by atoms with Crippen molar-refractivity contribution in [3.05, 3.63) is 189 Å². The molecule has 5 aromatic rings. The second-order valence-electron chi connectivity index (χ2n) is 7.65. The number of hydrogen-bond donors (Lipinski definition) is 0. The van der Waals surface area contributed by atoms with E-state index in [0.29, 0.717) is 5.69 Å². The normalized spacial score (nSPS) is 8.74. The molecule has 0 heterocycles. The minimum absolute atomic E-state index is 0. The van der Waals surface area contributed by atoms with Crippen LogP contribution in [0.5, 0.6) is 0 Å². The van der Waals surface area contributed by atoms with Crippen molar-refractivity contribution in [3.8, 4) is 0 Å². The van der Waals surface area contributed by atoms with E-state index < -0.39 is 15.8 Å².